The fraction of sp³-hybridized carbons (Fsp3) is 0.536. The number of rotatable bonds is 7. The summed E-state index contributed by atoms with van der Waals surface area (Å²) in [6.45, 7) is 5.51. The molecule has 1 aromatic carbocycles. The Hall–Kier alpha value is -2.94. The minimum atomic E-state index is 0.163. The summed E-state index contributed by atoms with van der Waals surface area (Å²) < 4.78 is 12.2. The van der Waals surface area contributed by atoms with Crippen LogP contribution in [-0.4, -0.2) is 22.2 Å². The number of carbonyl (C=O) groups excluding carboxylic acids is 1. The second-order valence-corrected chi connectivity index (χ2v) is 10.4. The van der Waals surface area contributed by atoms with E-state index in [1.165, 1.54) is 37.1 Å². The van der Waals surface area contributed by atoms with E-state index in [2.05, 4.69) is 37.4 Å². The van der Waals surface area contributed by atoms with Gasteiger partial charge in [-0.1, -0.05) is 19.6 Å². The molecule has 0 N–H and O–H groups in total. The van der Waals surface area contributed by atoms with E-state index in [-0.39, 0.29) is 23.1 Å². The molecule has 3 aliphatic rings. The SMILES string of the molecule is C=CF.CCCC(=O)N(CC12CCC(c3cc(C4CC4)nn3C)(CC1)C2)c1cccc(C#N)c1. The topological polar surface area (TPSA) is 61.9 Å². The highest BCUT2D eigenvalue weighted by Gasteiger charge is 2.57. The Bertz CT molecular complexity index is 1090. The number of aromatic nitrogens is 2. The molecule has 0 radical (unpaired) electrons. The lowest BCUT2D eigenvalue weighted by atomic mass is 9.79. The molecule has 1 aromatic heterocycles. The van der Waals surface area contributed by atoms with Crippen LogP contribution in [0.25, 0.3) is 0 Å². The lowest BCUT2D eigenvalue weighted by Crippen LogP contribution is -2.39. The highest BCUT2D eigenvalue weighted by Crippen LogP contribution is 2.63. The zero-order chi connectivity index (χ0) is 24.3. The average Bonchev–Trinajstić information content (AvgIpc) is 3.38. The van der Waals surface area contributed by atoms with Crippen LogP contribution in [0.1, 0.15) is 87.6 Å². The summed E-state index contributed by atoms with van der Waals surface area (Å²) in [4.78, 5) is 15.1. The van der Waals surface area contributed by atoms with E-state index in [1.807, 2.05) is 23.1 Å². The van der Waals surface area contributed by atoms with Gasteiger partial charge in [0.1, 0.15) is 0 Å². The molecule has 0 saturated heterocycles. The van der Waals surface area contributed by atoms with Gasteiger partial charge in [0.2, 0.25) is 5.91 Å². The normalized spacial score (nSPS) is 24.8. The second kappa shape index (κ2) is 9.74. The van der Waals surface area contributed by atoms with Crippen molar-refractivity contribution in [2.45, 2.75) is 76.0 Å². The van der Waals surface area contributed by atoms with Crippen LogP contribution in [-0.2, 0) is 17.3 Å². The summed E-state index contributed by atoms with van der Waals surface area (Å²) in [6.07, 6.45) is 10.0. The molecule has 1 amide bonds. The molecule has 0 atom stereocenters. The molecule has 5 rings (SSSR count). The molecule has 1 heterocycles. The predicted molar refractivity (Wildman–Crippen MR) is 132 cm³/mol. The van der Waals surface area contributed by atoms with Gasteiger partial charge in [0, 0.05) is 42.7 Å². The number of nitriles is 1. The Labute approximate surface area is 202 Å². The monoisotopic (exact) mass is 462 g/mol. The zero-order valence-corrected chi connectivity index (χ0v) is 20.4. The van der Waals surface area contributed by atoms with Crippen LogP contribution in [0.2, 0.25) is 0 Å². The minimum Gasteiger partial charge on any atom is -0.312 e. The highest BCUT2D eigenvalue weighted by molar-refractivity contribution is 5.93. The summed E-state index contributed by atoms with van der Waals surface area (Å²) in [6, 6.07) is 12.1. The Balaban J connectivity index is 0.000000868. The lowest BCUT2D eigenvalue weighted by molar-refractivity contribution is -0.119. The molecule has 2 aromatic rings. The molecule has 0 unspecified atom stereocenters. The van der Waals surface area contributed by atoms with Gasteiger partial charge in [-0.3, -0.25) is 9.48 Å². The average molecular weight is 463 g/mol. The standard InChI is InChI=1S/C26H32N4O.C2H3F/c1-3-5-24(31)30(21-7-4-6-19(14-21)16-27)18-25-10-12-26(17-25,13-11-25)23-15-22(20-8-9-20)28-29(23)2;1-2-3/h4,6-7,14-15,20H,3,5,8-13,17-18H2,1-2H3;2H,1H2. The number of anilines is 1. The quantitative estimate of drug-likeness (QED) is 0.485. The molecule has 6 heteroatoms. The maximum atomic E-state index is 13.1. The van der Waals surface area contributed by atoms with E-state index < -0.39 is 0 Å². The van der Waals surface area contributed by atoms with E-state index in [9.17, 15) is 14.4 Å². The molecule has 34 heavy (non-hydrogen) atoms. The van der Waals surface area contributed by atoms with Crippen LogP contribution in [0.5, 0.6) is 0 Å². The number of nitrogens with zero attached hydrogens (tertiary/aromatic N) is 4. The van der Waals surface area contributed by atoms with Crippen LogP contribution >= 0.6 is 0 Å². The number of fused-ring (bicyclic) bond motifs is 2. The van der Waals surface area contributed by atoms with Crippen molar-refractivity contribution < 1.29 is 9.18 Å². The van der Waals surface area contributed by atoms with Gasteiger partial charge in [0.25, 0.3) is 0 Å². The number of benzene rings is 1. The zero-order valence-electron chi connectivity index (χ0n) is 20.4. The minimum absolute atomic E-state index is 0.163. The van der Waals surface area contributed by atoms with Crippen molar-refractivity contribution in [3.63, 3.8) is 0 Å². The molecule has 5 nitrogen and oxygen atoms in total. The van der Waals surface area contributed by atoms with Crippen LogP contribution < -0.4 is 4.90 Å². The number of amides is 1. The number of hydrogen-bond acceptors (Lipinski definition) is 3. The first kappa shape index (κ1) is 24.2. The molecular formula is C28H35FN4O. The number of hydrogen-bond donors (Lipinski definition) is 0. The van der Waals surface area contributed by atoms with Crippen molar-refractivity contribution in [3.8, 4) is 6.07 Å². The van der Waals surface area contributed by atoms with E-state index in [4.69, 9.17) is 5.10 Å². The number of carbonyl (C=O) groups is 1. The van der Waals surface area contributed by atoms with E-state index in [0.717, 1.165) is 37.9 Å². The number of aryl methyl sites for hydroxylation is 1. The van der Waals surface area contributed by atoms with Crippen molar-refractivity contribution in [1.82, 2.24) is 9.78 Å². The fourth-order valence-corrected chi connectivity index (χ4v) is 6.21. The first-order chi connectivity index (χ1) is 16.4. The fourth-order valence-electron chi connectivity index (χ4n) is 6.21. The Morgan fingerprint density at radius 1 is 1.32 bits per heavy atom. The Morgan fingerprint density at radius 3 is 2.65 bits per heavy atom. The first-order valence-electron chi connectivity index (χ1n) is 12.5. The van der Waals surface area contributed by atoms with Gasteiger partial charge in [-0.25, -0.2) is 4.39 Å². The maximum Gasteiger partial charge on any atom is 0.226 e. The maximum absolute atomic E-state index is 13.1. The van der Waals surface area contributed by atoms with E-state index >= 15 is 0 Å². The summed E-state index contributed by atoms with van der Waals surface area (Å²) >= 11 is 0. The Kier molecular flexibility index (Phi) is 6.93. The Morgan fingerprint density at radius 2 is 2.03 bits per heavy atom. The molecule has 2 bridgehead atoms. The van der Waals surface area contributed by atoms with Crippen molar-refractivity contribution in [2.24, 2.45) is 12.5 Å². The summed E-state index contributed by atoms with van der Waals surface area (Å²) in [5, 5.41) is 14.2. The van der Waals surface area contributed by atoms with Gasteiger partial charge >= 0.3 is 0 Å². The van der Waals surface area contributed by atoms with Crippen LogP contribution in [0.4, 0.5) is 10.1 Å². The third-order valence-corrected chi connectivity index (χ3v) is 7.96. The molecule has 0 spiro atoms. The van der Waals surface area contributed by atoms with Crippen molar-refractivity contribution in [1.29, 1.82) is 5.26 Å². The van der Waals surface area contributed by atoms with Crippen molar-refractivity contribution in [2.75, 3.05) is 11.4 Å². The first-order valence-corrected chi connectivity index (χ1v) is 12.5. The third kappa shape index (κ3) is 4.66. The molecule has 3 aliphatic carbocycles. The van der Waals surface area contributed by atoms with Crippen LogP contribution in [0, 0.1) is 16.7 Å². The van der Waals surface area contributed by atoms with Gasteiger partial charge in [0.15, 0.2) is 0 Å². The van der Waals surface area contributed by atoms with Crippen molar-refractivity contribution in [3.05, 3.63) is 60.2 Å². The largest absolute Gasteiger partial charge is 0.312 e. The van der Waals surface area contributed by atoms with Crippen LogP contribution in [0.15, 0.2) is 43.2 Å². The van der Waals surface area contributed by atoms with Crippen LogP contribution in [0.3, 0.4) is 0 Å². The molecule has 180 valence electrons. The third-order valence-electron chi connectivity index (χ3n) is 7.96. The lowest BCUT2D eigenvalue weighted by Gasteiger charge is -2.34. The van der Waals surface area contributed by atoms with Gasteiger partial charge in [-0.2, -0.15) is 10.4 Å². The van der Waals surface area contributed by atoms with Gasteiger partial charge in [-0.05, 0) is 81.0 Å². The summed E-state index contributed by atoms with van der Waals surface area (Å²) in [5.41, 5.74) is 4.54. The molecule has 3 fully saturated rings. The smallest absolute Gasteiger partial charge is 0.226 e. The molecule has 3 saturated carbocycles. The van der Waals surface area contributed by atoms with Gasteiger partial charge < -0.3 is 4.90 Å². The van der Waals surface area contributed by atoms with Gasteiger partial charge in [0.05, 0.1) is 23.7 Å². The van der Waals surface area contributed by atoms with E-state index in [1.54, 1.807) is 6.07 Å². The molecule has 0 aliphatic heterocycles. The summed E-state index contributed by atoms with van der Waals surface area (Å²) in [7, 11) is 2.11. The predicted octanol–water partition coefficient (Wildman–Crippen LogP) is 6.30. The second-order valence-electron chi connectivity index (χ2n) is 10.4. The van der Waals surface area contributed by atoms with Gasteiger partial charge in [-0.15, -0.1) is 0 Å². The molecular weight excluding hydrogens is 427 g/mol. The highest BCUT2D eigenvalue weighted by atomic mass is 19.1. The van der Waals surface area contributed by atoms with E-state index in [0.29, 0.717) is 17.9 Å². The summed E-state index contributed by atoms with van der Waals surface area (Å²) in [5.74, 6) is 0.853. The number of halogens is 1. The van der Waals surface area contributed by atoms with Crippen molar-refractivity contribution >= 4 is 11.6 Å².